The van der Waals surface area contributed by atoms with Crippen molar-refractivity contribution in [3.63, 3.8) is 0 Å². The van der Waals surface area contributed by atoms with Crippen LogP contribution in [0.3, 0.4) is 0 Å². The summed E-state index contributed by atoms with van der Waals surface area (Å²) in [5.74, 6) is 1.22. The van der Waals surface area contributed by atoms with Crippen LogP contribution in [0.5, 0.6) is 0 Å². The Balaban J connectivity index is 1.97. The molecule has 1 aliphatic heterocycles. The van der Waals surface area contributed by atoms with Crippen molar-refractivity contribution in [2.24, 2.45) is 0 Å². The van der Waals surface area contributed by atoms with Crippen LogP contribution in [0.25, 0.3) is 10.9 Å². The predicted octanol–water partition coefficient (Wildman–Crippen LogP) is 4.54. The van der Waals surface area contributed by atoms with Crippen molar-refractivity contribution in [3.05, 3.63) is 35.5 Å². The highest BCUT2D eigenvalue weighted by molar-refractivity contribution is 5.84. The molecule has 1 aromatic carbocycles. The molecule has 3 unspecified atom stereocenters. The van der Waals surface area contributed by atoms with Crippen molar-refractivity contribution in [1.29, 1.82) is 0 Å². The van der Waals surface area contributed by atoms with Crippen LogP contribution in [0.15, 0.2) is 24.4 Å². The molecule has 2 heteroatoms. The number of benzene rings is 1. The summed E-state index contributed by atoms with van der Waals surface area (Å²) in [7, 11) is 0. The molecular weight excluding hydrogens is 244 g/mol. The summed E-state index contributed by atoms with van der Waals surface area (Å²) < 4.78 is 0. The molecule has 3 atom stereocenters. The zero-order valence-electron chi connectivity index (χ0n) is 12.9. The number of H-pyrrole nitrogens is 1. The van der Waals surface area contributed by atoms with E-state index < -0.39 is 0 Å². The largest absolute Gasteiger partial charge is 0.361 e. The van der Waals surface area contributed by atoms with Gasteiger partial charge in [0.15, 0.2) is 0 Å². The Hall–Kier alpha value is -1.28. The molecule has 0 aliphatic carbocycles. The molecule has 108 valence electrons. The number of nitrogens with one attached hydrogen (secondary N) is 2. The fourth-order valence-electron chi connectivity index (χ4n) is 3.43. The first kappa shape index (κ1) is 13.7. The standard InChI is InChI=1S/C18H26N2/c1-4-12(2)14-7-8-18-15(10-14)16(11-20-18)13(3)17-6-5-9-19-17/h7-8,10-13,17,19-20H,4-6,9H2,1-3H3. The van der Waals surface area contributed by atoms with E-state index >= 15 is 0 Å². The summed E-state index contributed by atoms with van der Waals surface area (Å²) in [5.41, 5.74) is 4.22. The predicted molar refractivity (Wildman–Crippen MR) is 86.4 cm³/mol. The van der Waals surface area contributed by atoms with Gasteiger partial charge in [0.2, 0.25) is 0 Å². The first-order chi connectivity index (χ1) is 9.70. The molecule has 1 saturated heterocycles. The highest BCUT2D eigenvalue weighted by Crippen LogP contribution is 2.32. The van der Waals surface area contributed by atoms with Gasteiger partial charge >= 0.3 is 0 Å². The molecule has 2 nitrogen and oxygen atoms in total. The third-order valence-corrected chi connectivity index (χ3v) is 5.11. The fourth-order valence-corrected chi connectivity index (χ4v) is 3.43. The fraction of sp³-hybridized carbons (Fsp3) is 0.556. The first-order valence-electron chi connectivity index (χ1n) is 8.05. The Bertz CT molecular complexity index is 578. The molecule has 0 spiro atoms. The van der Waals surface area contributed by atoms with Crippen molar-refractivity contribution in [1.82, 2.24) is 10.3 Å². The average Bonchev–Trinajstić information content (AvgIpc) is 3.14. The average molecular weight is 270 g/mol. The molecule has 2 aromatic rings. The number of aromatic amines is 1. The first-order valence-corrected chi connectivity index (χ1v) is 8.05. The smallest absolute Gasteiger partial charge is 0.0457 e. The van der Waals surface area contributed by atoms with E-state index in [0.717, 1.165) is 0 Å². The number of hydrogen-bond donors (Lipinski definition) is 2. The normalized spacial score (nSPS) is 22.2. The van der Waals surface area contributed by atoms with Gasteiger partial charge in [-0.1, -0.05) is 26.8 Å². The van der Waals surface area contributed by atoms with Gasteiger partial charge in [0, 0.05) is 23.1 Å². The van der Waals surface area contributed by atoms with Crippen LogP contribution in [-0.4, -0.2) is 17.6 Å². The molecule has 1 aliphatic rings. The van der Waals surface area contributed by atoms with E-state index in [1.165, 1.54) is 47.8 Å². The highest BCUT2D eigenvalue weighted by atomic mass is 14.9. The minimum Gasteiger partial charge on any atom is -0.361 e. The summed E-state index contributed by atoms with van der Waals surface area (Å²) in [5, 5.41) is 5.06. The minimum atomic E-state index is 0.582. The van der Waals surface area contributed by atoms with Gasteiger partial charge in [-0.25, -0.2) is 0 Å². The lowest BCUT2D eigenvalue weighted by Gasteiger charge is -2.19. The van der Waals surface area contributed by atoms with Gasteiger partial charge in [-0.05, 0) is 60.9 Å². The Morgan fingerprint density at radius 2 is 2.15 bits per heavy atom. The number of hydrogen-bond acceptors (Lipinski definition) is 1. The lowest BCUT2D eigenvalue weighted by atomic mass is 9.90. The lowest BCUT2D eigenvalue weighted by molar-refractivity contribution is 0.520. The van der Waals surface area contributed by atoms with Crippen molar-refractivity contribution < 1.29 is 0 Å². The number of fused-ring (bicyclic) bond motifs is 1. The van der Waals surface area contributed by atoms with E-state index in [-0.39, 0.29) is 0 Å². The molecule has 3 rings (SSSR count). The maximum Gasteiger partial charge on any atom is 0.0457 e. The number of rotatable bonds is 4. The highest BCUT2D eigenvalue weighted by Gasteiger charge is 2.24. The summed E-state index contributed by atoms with van der Waals surface area (Å²) in [6.45, 7) is 8.12. The van der Waals surface area contributed by atoms with E-state index in [1.807, 2.05) is 0 Å². The van der Waals surface area contributed by atoms with Crippen LogP contribution in [0.1, 0.15) is 63.0 Å². The van der Waals surface area contributed by atoms with Gasteiger partial charge in [-0.3, -0.25) is 0 Å². The van der Waals surface area contributed by atoms with Gasteiger partial charge in [-0.2, -0.15) is 0 Å². The third-order valence-electron chi connectivity index (χ3n) is 5.11. The van der Waals surface area contributed by atoms with Crippen LogP contribution >= 0.6 is 0 Å². The van der Waals surface area contributed by atoms with E-state index in [9.17, 15) is 0 Å². The van der Waals surface area contributed by atoms with Gasteiger partial charge < -0.3 is 10.3 Å². The SMILES string of the molecule is CCC(C)c1ccc2[nH]cc(C(C)C3CCCN3)c2c1. The van der Waals surface area contributed by atoms with Crippen LogP contribution in [-0.2, 0) is 0 Å². The maximum absolute atomic E-state index is 3.64. The quantitative estimate of drug-likeness (QED) is 0.839. The lowest BCUT2D eigenvalue weighted by Crippen LogP contribution is -2.27. The molecule has 2 N–H and O–H groups in total. The Morgan fingerprint density at radius 1 is 1.30 bits per heavy atom. The molecule has 0 bridgehead atoms. The number of aromatic nitrogens is 1. The maximum atomic E-state index is 3.64. The van der Waals surface area contributed by atoms with Crippen molar-refractivity contribution in [3.8, 4) is 0 Å². The minimum absolute atomic E-state index is 0.582. The summed E-state index contributed by atoms with van der Waals surface area (Å²) in [6, 6.07) is 7.56. The van der Waals surface area contributed by atoms with Gasteiger partial charge in [0.05, 0.1) is 0 Å². The van der Waals surface area contributed by atoms with Crippen LogP contribution in [0, 0.1) is 0 Å². The molecule has 1 fully saturated rings. The second kappa shape index (κ2) is 5.61. The molecule has 1 aromatic heterocycles. The van der Waals surface area contributed by atoms with Gasteiger partial charge in [0.25, 0.3) is 0 Å². The molecule has 0 amide bonds. The van der Waals surface area contributed by atoms with Gasteiger partial charge in [0.1, 0.15) is 0 Å². The molecule has 0 radical (unpaired) electrons. The second-order valence-corrected chi connectivity index (χ2v) is 6.35. The Labute approximate surface area is 122 Å². The van der Waals surface area contributed by atoms with E-state index in [2.05, 4.69) is 55.5 Å². The summed E-state index contributed by atoms with van der Waals surface area (Å²) >= 11 is 0. The molecule has 0 saturated carbocycles. The molecule has 2 heterocycles. The monoisotopic (exact) mass is 270 g/mol. The van der Waals surface area contributed by atoms with Crippen LogP contribution < -0.4 is 5.32 Å². The van der Waals surface area contributed by atoms with E-state index in [0.29, 0.717) is 17.9 Å². The zero-order valence-corrected chi connectivity index (χ0v) is 12.9. The van der Waals surface area contributed by atoms with E-state index in [1.54, 1.807) is 0 Å². The summed E-state index contributed by atoms with van der Waals surface area (Å²) in [4.78, 5) is 3.45. The third kappa shape index (κ3) is 2.37. The summed E-state index contributed by atoms with van der Waals surface area (Å²) in [6.07, 6.45) is 6.04. The van der Waals surface area contributed by atoms with E-state index in [4.69, 9.17) is 0 Å². The van der Waals surface area contributed by atoms with Crippen molar-refractivity contribution in [2.75, 3.05) is 6.54 Å². The van der Waals surface area contributed by atoms with Crippen LogP contribution in [0.2, 0.25) is 0 Å². The van der Waals surface area contributed by atoms with Crippen molar-refractivity contribution >= 4 is 10.9 Å². The van der Waals surface area contributed by atoms with Gasteiger partial charge in [-0.15, -0.1) is 0 Å². The van der Waals surface area contributed by atoms with Crippen LogP contribution in [0.4, 0.5) is 0 Å². The zero-order chi connectivity index (χ0) is 14.1. The Morgan fingerprint density at radius 3 is 2.85 bits per heavy atom. The molecule has 20 heavy (non-hydrogen) atoms. The van der Waals surface area contributed by atoms with Crippen molar-refractivity contribution in [2.45, 2.75) is 57.9 Å². The topological polar surface area (TPSA) is 27.8 Å². The molecular formula is C18H26N2. The second-order valence-electron chi connectivity index (χ2n) is 6.35. The Kier molecular flexibility index (Phi) is 3.84.